The molecule has 0 spiro atoms. The first-order chi connectivity index (χ1) is 12.2. The molecule has 1 aromatic heterocycles. The van der Waals surface area contributed by atoms with Crippen LogP contribution in [0.2, 0.25) is 5.02 Å². The number of aromatic nitrogens is 1. The Morgan fingerprint density at radius 2 is 2.08 bits per heavy atom. The fourth-order valence-corrected chi connectivity index (χ4v) is 3.17. The molecule has 1 aliphatic heterocycles. The Kier molecular flexibility index (Phi) is 6.05. The third kappa shape index (κ3) is 4.59. The van der Waals surface area contributed by atoms with Gasteiger partial charge in [0.1, 0.15) is 0 Å². The fraction of sp³-hybridized carbons (Fsp3) is 0.400. The maximum absolute atomic E-state index is 12.7. The van der Waals surface area contributed by atoms with Crippen LogP contribution in [0.1, 0.15) is 36.5 Å². The highest BCUT2D eigenvalue weighted by Crippen LogP contribution is 2.21. The number of amides is 1. The Labute approximate surface area is 153 Å². The van der Waals surface area contributed by atoms with Crippen LogP contribution in [0.15, 0.2) is 42.6 Å². The molecule has 4 nitrogen and oxygen atoms in total. The van der Waals surface area contributed by atoms with E-state index in [9.17, 15) is 4.79 Å². The number of rotatable bonds is 5. The van der Waals surface area contributed by atoms with Crippen molar-refractivity contribution >= 4 is 17.5 Å². The number of nitrogens with zero attached hydrogens (tertiary/aromatic N) is 2. The van der Waals surface area contributed by atoms with Crippen molar-refractivity contribution in [2.24, 2.45) is 0 Å². The summed E-state index contributed by atoms with van der Waals surface area (Å²) in [5, 5.41) is 0.612. The van der Waals surface area contributed by atoms with Crippen LogP contribution in [0.25, 0.3) is 11.3 Å². The van der Waals surface area contributed by atoms with Crippen molar-refractivity contribution in [1.29, 1.82) is 0 Å². The molecule has 0 saturated carbocycles. The first-order valence-electron chi connectivity index (χ1n) is 8.80. The summed E-state index contributed by atoms with van der Waals surface area (Å²) in [6, 6.07) is 11.3. The van der Waals surface area contributed by atoms with Crippen LogP contribution >= 0.6 is 11.6 Å². The predicted molar refractivity (Wildman–Crippen MR) is 99.9 cm³/mol. The van der Waals surface area contributed by atoms with E-state index < -0.39 is 0 Å². The number of likely N-dealkylation sites (tertiary alicyclic amines) is 1. The number of carbonyl (C=O) groups excluding carboxylic acids is 1. The van der Waals surface area contributed by atoms with E-state index in [1.807, 2.05) is 41.3 Å². The van der Waals surface area contributed by atoms with Gasteiger partial charge in [0.15, 0.2) is 0 Å². The summed E-state index contributed by atoms with van der Waals surface area (Å²) in [6.07, 6.45) is 4.82. The highest BCUT2D eigenvalue weighted by Gasteiger charge is 2.24. The monoisotopic (exact) mass is 358 g/mol. The molecule has 3 rings (SSSR count). The number of hydrogen-bond acceptors (Lipinski definition) is 3. The van der Waals surface area contributed by atoms with Crippen molar-refractivity contribution in [2.45, 2.75) is 32.3 Å². The number of benzene rings is 1. The van der Waals surface area contributed by atoms with Crippen molar-refractivity contribution < 1.29 is 9.53 Å². The molecule has 1 aliphatic rings. The lowest BCUT2D eigenvalue weighted by atomic mass is 10.0. The number of piperidine rings is 1. The van der Waals surface area contributed by atoms with Gasteiger partial charge in [-0.3, -0.25) is 9.78 Å². The smallest absolute Gasteiger partial charge is 0.253 e. The van der Waals surface area contributed by atoms with Crippen LogP contribution < -0.4 is 0 Å². The SMILES string of the molecule is CCCO[C@@H]1CCCN(C(=O)c2ccc(-c3ccc(Cl)cn3)cc2)C1. The lowest BCUT2D eigenvalue weighted by Gasteiger charge is -2.32. The third-order valence-electron chi connectivity index (χ3n) is 4.38. The van der Waals surface area contributed by atoms with Crippen molar-refractivity contribution in [3.05, 3.63) is 53.2 Å². The van der Waals surface area contributed by atoms with E-state index in [0.717, 1.165) is 43.7 Å². The zero-order valence-electron chi connectivity index (χ0n) is 14.5. The first kappa shape index (κ1) is 17.9. The minimum Gasteiger partial charge on any atom is -0.376 e. The van der Waals surface area contributed by atoms with Crippen molar-refractivity contribution in [2.75, 3.05) is 19.7 Å². The average molecular weight is 359 g/mol. The Morgan fingerprint density at radius 1 is 1.28 bits per heavy atom. The molecule has 0 unspecified atom stereocenters. The zero-order valence-corrected chi connectivity index (χ0v) is 15.2. The van der Waals surface area contributed by atoms with Gasteiger partial charge in [-0.05, 0) is 43.5 Å². The summed E-state index contributed by atoms with van der Waals surface area (Å²) in [5.41, 5.74) is 2.51. The third-order valence-corrected chi connectivity index (χ3v) is 4.60. The molecule has 0 N–H and O–H groups in total. The predicted octanol–water partition coefficient (Wildman–Crippen LogP) is 4.43. The maximum atomic E-state index is 12.7. The van der Waals surface area contributed by atoms with E-state index >= 15 is 0 Å². The quantitative estimate of drug-likeness (QED) is 0.793. The van der Waals surface area contributed by atoms with Gasteiger partial charge in [0.25, 0.3) is 5.91 Å². The van der Waals surface area contributed by atoms with Crippen LogP contribution in [0, 0.1) is 0 Å². The van der Waals surface area contributed by atoms with Crippen LogP contribution in [-0.2, 0) is 4.74 Å². The Balaban J connectivity index is 1.67. The number of halogens is 1. The molecular formula is C20H23ClN2O2. The molecule has 2 heterocycles. The summed E-state index contributed by atoms with van der Waals surface area (Å²) in [7, 11) is 0. The fourth-order valence-electron chi connectivity index (χ4n) is 3.06. The second-order valence-electron chi connectivity index (χ2n) is 6.33. The van der Waals surface area contributed by atoms with Crippen molar-refractivity contribution in [1.82, 2.24) is 9.88 Å². The Morgan fingerprint density at radius 3 is 2.76 bits per heavy atom. The molecule has 1 saturated heterocycles. The lowest BCUT2D eigenvalue weighted by Crippen LogP contribution is -2.43. The molecule has 5 heteroatoms. The second kappa shape index (κ2) is 8.45. The molecule has 1 atom stereocenters. The largest absolute Gasteiger partial charge is 0.376 e. The van der Waals surface area contributed by atoms with Gasteiger partial charge >= 0.3 is 0 Å². The zero-order chi connectivity index (χ0) is 17.6. The molecule has 1 amide bonds. The minimum atomic E-state index is 0.0698. The van der Waals surface area contributed by atoms with Gasteiger partial charge in [-0.2, -0.15) is 0 Å². The molecule has 2 aromatic rings. The van der Waals surface area contributed by atoms with Gasteiger partial charge in [-0.25, -0.2) is 0 Å². The van der Waals surface area contributed by atoms with Crippen LogP contribution in [0.5, 0.6) is 0 Å². The van der Waals surface area contributed by atoms with Crippen LogP contribution in [-0.4, -0.2) is 41.6 Å². The molecule has 0 radical (unpaired) electrons. The Hall–Kier alpha value is -1.91. The molecule has 0 aliphatic carbocycles. The summed E-state index contributed by atoms with van der Waals surface area (Å²) in [5.74, 6) is 0.0698. The standard InChI is InChI=1S/C20H23ClN2O2/c1-2-12-25-18-4-3-11-23(14-18)20(24)16-7-5-15(6-8-16)19-10-9-17(21)13-22-19/h5-10,13,18H,2-4,11-12,14H2,1H3/t18-/m1/s1. The molecule has 1 fully saturated rings. The van der Waals surface area contributed by atoms with E-state index in [2.05, 4.69) is 11.9 Å². The molecule has 132 valence electrons. The van der Waals surface area contributed by atoms with Gasteiger partial charge in [-0.15, -0.1) is 0 Å². The highest BCUT2D eigenvalue weighted by atomic mass is 35.5. The number of carbonyl (C=O) groups is 1. The van der Waals surface area contributed by atoms with E-state index in [1.165, 1.54) is 0 Å². The number of pyridine rings is 1. The van der Waals surface area contributed by atoms with E-state index in [0.29, 0.717) is 17.1 Å². The maximum Gasteiger partial charge on any atom is 0.253 e. The van der Waals surface area contributed by atoms with Gasteiger partial charge in [0.2, 0.25) is 0 Å². The molecule has 1 aromatic carbocycles. The van der Waals surface area contributed by atoms with Gasteiger partial charge < -0.3 is 9.64 Å². The van der Waals surface area contributed by atoms with Gasteiger partial charge in [-0.1, -0.05) is 30.7 Å². The van der Waals surface area contributed by atoms with Gasteiger partial charge in [0, 0.05) is 37.0 Å². The Bertz CT molecular complexity index is 701. The summed E-state index contributed by atoms with van der Waals surface area (Å²) in [4.78, 5) is 19.0. The lowest BCUT2D eigenvalue weighted by molar-refractivity contribution is 0.00211. The number of hydrogen-bond donors (Lipinski definition) is 0. The van der Waals surface area contributed by atoms with Crippen molar-refractivity contribution in [3.8, 4) is 11.3 Å². The topological polar surface area (TPSA) is 42.4 Å². The highest BCUT2D eigenvalue weighted by molar-refractivity contribution is 6.30. The normalized spacial score (nSPS) is 17.5. The molecule has 0 bridgehead atoms. The second-order valence-corrected chi connectivity index (χ2v) is 6.76. The van der Waals surface area contributed by atoms with Gasteiger partial charge in [0.05, 0.1) is 16.8 Å². The average Bonchev–Trinajstić information content (AvgIpc) is 2.67. The number of ether oxygens (including phenoxy) is 1. The van der Waals surface area contributed by atoms with Crippen molar-refractivity contribution in [3.63, 3.8) is 0 Å². The van der Waals surface area contributed by atoms with E-state index in [-0.39, 0.29) is 12.0 Å². The summed E-state index contributed by atoms with van der Waals surface area (Å²) < 4.78 is 5.82. The minimum absolute atomic E-state index is 0.0698. The van der Waals surface area contributed by atoms with E-state index in [1.54, 1.807) is 6.20 Å². The summed E-state index contributed by atoms with van der Waals surface area (Å²) >= 11 is 5.87. The molecule has 25 heavy (non-hydrogen) atoms. The molecular weight excluding hydrogens is 336 g/mol. The van der Waals surface area contributed by atoms with Crippen LogP contribution in [0.3, 0.4) is 0 Å². The van der Waals surface area contributed by atoms with E-state index in [4.69, 9.17) is 16.3 Å². The first-order valence-corrected chi connectivity index (χ1v) is 9.18. The van der Waals surface area contributed by atoms with Crippen LogP contribution in [0.4, 0.5) is 0 Å². The summed E-state index contributed by atoms with van der Waals surface area (Å²) in [6.45, 7) is 4.34.